The maximum absolute atomic E-state index is 12.5. The first-order valence-electron chi connectivity index (χ1n) is 8.44. The zero-order chi connectivity index (χ0) is 18.1. The summed E-state index contributed by atoms with van der Waals surface area (Å²) in [4.78, 5) is 21.8. The van der Waals surface area contributed by atoms with Gasteiger partial charge in [-0.2, -0.15) is 0 Å². The van der Waals surface area contributed by atoms with Crippen molar-refractivity contribution in [2.24, 2.45) is 0 Å². The van der Waals surface area contributed by atoms with Crippen LogP contribution in [0.25, 0.3) is 22.2 Å². The van der Waals surface area contributed by atoms with E-state index in [1.165, 1.54) is 0 Å². The zero-order valence-electron chi connectivity index (χ0n) is 14.8. The molecule has 0 aliphatic carbocycles. The number of carbonyl (C=O) groups is 1. The summed E-state index contributed by atoms with van der Waals surface area (Å²) in [5.41, 5.74) is 10.2. The lowest BCUT2D eigenvalue weighted by Gasteiger charge is -2.08. The first-order chi connectivity index (χ1) is 12.7. The molecule has 0 saturated carbocycles. The van der Waals surface area contributed by atoms with Gasteiger partial charge in [-0.1, -0.05) is 42.5 Å². The van der Waals surface area contributed by atoms with Gasteiger partial charge in [0.1, 0.15) is 16.9 Å². The molecule has 4 N–H and O–H groups in total. The maximum Gasteiger partial charge on any atom is 0.344 e. The molecule has 2 aromatic carbocycles. The van der Waals surface area contributed by atoms with Gasteiger partial charge in [0.05, 0.1) is 24.2 Å². The summed E-state index contributed by atoms with van der Waals surface area (Å²) in [6, 6.07) is 17.4. The van der Waals surface area contributed by atoms with Gasteiger partial charge in [0.15, 0.2) is 5.65 Å². The molecular weight excluding hydrogens is 344 g/mol. The molecule has 138 valence electrons. The summed E-state index contributed by atoms with van der Waals surface area (Å²) in [6.07, 6.45) is 0. The van der Waals surface area contributed by atoms with Crippen LogP contribution in [0.5, 0.6) is 0 Å². The highest BCUT2D eigenvalue weighted by Crippen LogP contribution is 2.29. The SMILES string of the molecule is CCOC(=O)c1c(N)n(Cc2ccccc2)c2nc3ccccc3nc12.O. The van der Waals surface area contributed by atoms with E-state index in [0.717, 1.165) is 11.1 Å². The van der Waals surface area contributed by atoms with Gasteiger partial charge in [-0.05, 0) is 24.6 Å². The van der Waals surface area contributed by atoms with Crippen molar-refractivity contribution in [3.05, 3.63) is 65.7 Å². The molecule has 4 rings (SSSR count). The van der Waals surface area contributed by atoms with Gasteiger partial charge in [0.25, 0.3) is 0 Å². The van der Waals surface area contributed by atoms with Crippen molar-refractivity contribution in [2.75, 3.05) is 12.3 Å². The van der Waals surface area contributed by atoms with Crippen molar-refractivity contribution in [2.45, 2.75) is 13.5 Å². The quantitative estimate of drug-likeness (QED) is 0.559. The van der Waals surface area contributed by atoms with Crippen LogP contribution in [0.1, 0.15) is 22.8 Å². The van der Waals surface area contributed by atoms with Crippen molar-refractivity contribution in [3.63, 3.8) is 0 Å². The van der Waals surface area contributed by atoms with Gasteiger partial charge in [-0.15, -0.1) is 0 Å². The monoisotopic (exact) mass is 364 g/mol. The lowest BCUT2D eigenvalue weighted by molar-refractivity contribution is 0.0529. The van der Waals surface area contributed by atoms with Crippen molar-refractivity contribution in [1.29, 1.82) is 0 Å². The number of ether oxygens (including phenoxy) is 1. The first kappa shape index (κ1) is 18.3. The van der Waals surface area contributed by atoms with E-state index in [9.17, 15) is 4.79 Å². The number of benzene rings is 2. The molecule has 0 unspecified atom stereocenters. The summed E-state index contributed by atoms with van der Waals surface area (Å²) < 4.78 is 7.01. The second-order valence-corrected chi connectivity index (χ2v) is 5.94. The molecule has 7 heteroatoms. The average molecular weight is 364 g/mol. The Bertz CT molecular complexity index is 1110. The Balaban J connectivity index is 0.00000210. The van der Waals surface area contributed by atoms with Crippen molar-refractivity contribution >= 4 is 34.0 Å². The fourth-order valence-corrected chi connectivity index (χ4v) is 3.05. The summed E-state index contributed by atoms with van der Waals surface area (Å²) in [7, 11) is 0. The van der Waals surface area contributed by atoms with Crippen LogP contribution in [-0.4, -0.2) is 32.6 Å². The lowest BCUT2D eigenvalue weighted by Crippen LogP contribution is -2.10. The van der Waals surface area contributed by atoms with E-state index >= 15 is 0 Å². The second kappa shape index (κ2) is 7.43. The van der Waals surface area contributed by atoms with Gasteiger partial charge in [-0.25, -0.2) is 14.8 Å². The Morgan fingerprint density at radius 2 is 1.67 bits per heavy atom. The van der Waals surface area contributed by atoms with E-state index in [-0.39, 0.29) is 17.6 Å². The Hall–Kier alpha value is -3.45. The molecule has 0 saturated heterocycles. The summed E-state index contributed by atoms with van der Waals surface area (Å²) in [6.45, 7) is 2.53. The van der Waals surface area contributed by atoms with E-state index in [4.69, 9.17) is 15.5 Å². The molecule has 2 heterocycles. The molecule has 27 heavy (non-hydrogen) atoms. The molecule has 7 nitrogen and oxygen atoms in total. The number of nitrogen functional groups attached to an aromatic ring is 1. The number of hydrogen-bond acceptors (Lipinski definition) is 5. The van der Waals surface area contributed by atoms with Crippen LogP contribution in [0.4, 0.5) is 5.82 Å². The predicted octanol–water partition coefficient (Wildman–Crippen LogP) is 2.57. The summed E-state index contributed by atoms with van der Waals surface area (Å²) in [5.74, 6) is -0.163. The van der Waals surface area contributed by atoms with Crippen LogP contribution in [0.2, 0.25) is 0 Å². The van der Waals surface area contributed by atoms with Gasteiger partial charge in [0, 0.05) is 0 Å². The van der Waals surface area contributed by atoms with Crippen molar-refractivity contribution < 1.29 is 15.0 Å². The van der Waals surface area contributed by atoms with Crippen LogP contribution >= 0.6 is 0 Å². The number of carbonyl (C=O) groups excluding carboxylic acids is 1. The number of nitrogens with zero attached hydrogens (tertiary/aromatic N) is 3. The van der Waals surface area contributed by atoms with Gasteiger partial charge in [0.2, 0.25) is 0 Å². The Morgan fingerprint density at radius 1 is 1.04 bits per heavy atom. The molecule has 2 aromatic heterocycles. The largest absolute Gasteiger partial charge is 0.462 e. The van der Waals surface area contributed by atoms with Gasteiger partial charge >= 0.3 is 5.97 Å². The molecule has 0 aliphatic heterocycles. The first-order valence-corrected chi connectivity index (χ1v) is 8.44. The third-order valence-electron chi connectivity index (χ3n) is 4.25. The molecule has 0 radical (unpaired) electrons. The predicted molar refractivity (Wildman–Crippen MR) is 105 cm³/mol. The van der Waals surface area contributed by atoms with Crippen LogP contribution in [0.15, 0.2) is 54.6 Å². The number of esters is 1. The molecule has 0 aliphatic rings. The van der Waals surface area contributed by atoms with Gasteiger partial charge in [-0.3, -0.25) is 0 Å². The Morgan fingerprint density at radius 3 is 2.33 bits per heavy atom. The highest BCUT2D eigenvalue weighted by molar-refractivity contribution is 6.08. The van der Waals surface area contributed by atoms with E-state index in [2.05, 4.69) is 4.98 Å². The second-order valence-electron chi connectivity index (χ2n) is 5.94. The van der Waals surface area contributed by atoms with E-state index in [1.807, 2.05) is 59.2 Å². The molecule has 0 amide bonds. The topological polar surface area (TPSA) is 115 Å². The number of rotatable bonds is 4. The minimum absolute atomic E-state index is 0. The number of hydrogen-bond donors (Lipinski definition) is 1. The van der Waals surface area contributed by atoms with Crippen LogP contribution in [0, 0.1) is 0 Å². The lowest BCUT2D eigenvalue weighted by atomic mass is 10.2. The van der Waals surface area contributed by atoms with Crippen LogP contribution in [-0.2, 0) is 11.3 Å². The van der Waals surface area contributed by atoms with Crippen LogP contribution < -0.4 is 5.73 Å². The maximum atomic E-state index is 12.5. The van der Waals surface area contributed by atoms with Crippen molar-refractivity contribution in [3.8, 4) is 0 Å². The highest BCUT2D eigenvalue weighted by Gasteiger charge is 2.24. The molecule has 0 atom stereocenters. The fourth-order valence-electron chi connectivity index (χ4n) is 3.05. The standard InChI is InChI=1S/C20H18N4O2.H2O/c1-2-26-20(25)16-17-19(23-15-11-7-6-10-14(15)22-17)24(18(16)21)12-13-8-4-3-5-9-13;/h3-11H,2,12,21H2,1H3;1H2. The fraction of sp³-hybridized carbons (Fsp3) is 0.150. The molecule has 0 fully saturated rings. The number of aromatic nitrogens is 3. The third-order valence-corrected chi connectivity index (χ3v) is 4.25. The average Bonchev–Trinajstić information content (AvgIpc) is 2.92. The minimum Gasteiger partial charge on any atom is -0.462 e. The molecule has 0 bridgehead atoms. The number of anilines is 1. The summed E-state index contributed by atoms with van der Waals surface area (Å²) in [5, 5.41) is 0. The van der Waals surface area contributed by atoms with E-state index in [1.54, 1.807) is 6.92 Å². The molecule has 4 aromatic rings. The molecule has 0 spiro atoms. The van der Waals surface area contributed by atoms with E-state index < -0.39 is 5.97 Å². The smallest absolute Gasteiger partial charge is 0.344 e. The number of para-hydroxylation sites is 2. The van der Waals surface area contributed by atoms with Gasteiger partial charge < -0.3 is 20.5 Å². The highest BCUT2D eigenvalue weighted by atomic mass is 16.5. The van der Waals surface area contributed by atoms with E-state index in [0.29, 0.717) is 29.0 Å². The normalized spacial score (nSPS) is 10.7. The summed E-state index contributed by atoms with van der Waals surface area (Å²) >= 11 is 0. The third kappa shape index (κ3) is 3.20. The van der Waals surface area contributed by atoms with Crippen LogP contribution in [0.3, 0.4) is 0 Å². The number of nitrogens with two attached hydrogens (primary N) is 1. The Kier molecular flexibility index (Phi) is 5.05. The van der Waals surface area contributed by atoms with Crippen molar-refractivity contribution in [1.82, 2.24) is 14.5 Å². The minimum atomic E-state index is -0.480. The zero-order valence-corrected chi connectivity index (χ0v) is 14.8. The number of fused-ring (bicyclic) bond motifs is 2. The Labute approximate surface area is 155 Å². The molecular formula is C20H20N4O3.